The Hall–Kier alpha value is -3.23. The van der Waals surface area contributed by atoms with Gasteiger partial charge in [-0.3, -0.25) is 4.79 Å². The van der Waals surface area contributed by atoms with E-state index in [1.807, 2.05) is 19.0 Å². The Morgan fingerprint density at radius 3 is 2.39 bits per heavy atom. The summed E-state index contributed by atoms with van der Waals surface area (Å²) in [5, 5.41) is 2.34. The van der Waals surface area contributed by atoms with E-state index in [0.29, 0.717) is 12.1 Å². The van der Waals surface area contributed by atoms with Crippen molar-refractivity contribution in [3.05, 3.63) is 48.0 Å². The number of benzene rings is 2. The second-order valence-electron chi connectivity index (χ2n) is 6.50. The number of fused-ring (bicyclic) bond motifs is 1. The van der Waals surface area contributed by atoms with Gasteiger partial charge in [-0.15, -0.1) is 0 Å². The maximum atomic E-state index is 12.8. The number of halogens is 3. The average molecular weight is 392 g/mol. The SMILES string of the molecule is CN1CCN(C)c2cc(N(C=O)C(=O)Nc3cccc(C(F)(F)F)c3)ccc21. The molecule has 6 nitrogen and oxygen atoms in total. The summed E-state index contributed by atoms with van der Waals surface area (Å²) in [4.78, 5) is 28.9. The smallest absolute Gasteiger partial charge is 0.371 e. The van der Waals surface area contributed by atoms with Gasteiger partial charge in [0.25, 0.3) is 0 Å². The van der Waals surface area contributed by atoms with E-state index < -0.39 is 17.8 Å². The Morgan fingerprint density at radius 1 is 1.07 bits per heavy atom. The van der Waals surface area contributed by atoms with Crippen LogP contribution in [0, 0.1) is 0 Å². The molecule has 0 atom stereocenters. The van der Waals surface area contributed by atoms with Gasteiger partial charge in [-0.25, -0.2) is 9.69 Å². The number of carbonyl (C=O) groups excluding carboxylic acids is 2. The molecule has 0 unspecified atom stereocenters. The van der Waals surface area contributed by atoms with E-state index in [9.17, 15) is 22.8 Å². The average Bonchev–Trinajstić information content (AvgIpc) is 2.65. The number of hydrogen-bond donors (Lipinski definition) is 1. The van der Waals surface area contributed by atoms with Crippen LogP contribution in [0.15, 0.2) is 42.5 Å². The van der Waals surface area contributed by atoms with Crippen LogP contribution >= 0.6 is 0 Å². The number of alkyl halides is 3. The fraction of sp³-hybridized carbons (Fsp3) is 0.263. The number of amides is 3. The van der Waals surface area contributed by atoms with Crippen LogP contribution < -0.4 is 20.0 Å². The molecule has 2 aromatic rings. The van der Waals surface area contributed by atoms with Crippen molar-refractivity contribution < 1.29 is 22.8 Å². The molecular formula is C19H19F3N4O2. The predicted octanol–water partition coefficient (Wildman–Crippen LogP) is 3.79. The molecule has 1 N–H and O–H groups in total. The van der Waals surface area contributed by atoms with E-state index >= 15 is 0 Å². The fourth-order valence-corrected chi connectivity index (χ4v) is 3.01. The van der Waals surface area contributed by atoms with E-state index in [2.05, 4.69) is 10.2 Å². The van der Waals surface area contributed by atoms with Gasteiger partial charge in [0.05, 0.1) is 22.6 Å². The third-order valence-electron chi connectivity index (χ3n) is 4.60. The number of rotatable bonds is 3. The van der Waals surface area contributed by atoms with E-state index in [-0.39, 0.29) is 5.69 Å². The van der Waals surface area contributed by atoms with Crippen molar-refractivity contribution in [2.45, 2.75) is 6.18 Å². The summed E-state index contributed by atoms with van der Waals surface area (Å²) >= 11 is 0. The minimum atomic E-state index is -4.53. The lowest BCUT2D eigenvalue weighted by Gasteiger charge is -2.35. The van der Waals surface area contributed by atoms with Gasteiger partial charge in [0, 0.05) is 32.9 Å². The Morgan fingerprint density at radius 2 is 1.75 bits per heavy atom. The number of hydrogen-bond acceptors (Lipinski definition) is 4. The zero-order valence-electron chi connectivity index (χ0n) is 15.3. The van der Waals surface area contributed by atoms with Gasteiger partial charge in [0.15, 0.2) is 0 Å². The lowest BCUT2D eigenvalue weighted by Crippen LogP contribution is -2.37. The second kappa shape index (κ2) is 7.41. The van der Waals surface area contributed by atoms with Crippen molar-refractivity contribution in [3.63, 3.8) is 0 Å². The number of urea groups is 1. The first-order valence-corrected chi connectivity index (χ1v) is 8.50. The molecule has 0 saturated carbocycles. The first-order chi connectivity index (χ1) is 13.2. The highest BCUT2D eigenvalue weighted by Gasteiger charge is 2.30. The molecule has 148 valence electrons. The van der Waals surface area contributed by atoms with Gasteiger partial charge in [-0.2, -0.15) is 13.2 Å². The number of nitrogens with zero attached hydrogens (tertiary/aromatic N) is 3. The number of likely N-dealkylation sites (N-methyl/N-ethyl adjacent to an activating group) is 2. The minimum Gasteiger partial charge on any atom is -0.371 e. The Labute approximate surface area is 160 Å². The highest BCUT2D eigenvalue weighted by Crippen LogP contribution is 2.35. The highest BCUT2D eigenvalue weighted by atomic mass is 19.4. The lowest BCUT2D eigenvalue weighted by atomic mass is 10.1. The quantitative estimate of drug-likeness (QED) is 0.808. The molecule has 0 radical (unpaired) electrons. The molecule has 3 amide bonds. The maximum absolute atomic E-state index is 12.8. The summed E-state index contributed by atoms with van der Waals surface area (Å²) in [6, 6.07) is 8.51. The molecule has 0 aromatic heterocycles. The van der Waals surface area contributed by atoms with Crippen LogP contribution in [0.25, 0.3) is 0 Å². The zero-order chi connectivity index (χ0) is 20.5. The number of carbonyl (C=O) groups is 2. The molecule has 2 aromatic carbocycles. The van der Waals surface area contributed by atoms with Gasteiger partial charge in [-0.05, 0) is 36.4 Å². The normalized spacial score (nSPS) is 13.8. The van der Waals surface area contributed by atoms with Gasteiger partial charge in [0.2, 0.25) is 6.41 Å². The fourth-order valence-electron chi connectivity index (χ4n) is 3.01. The number of nitrogens with one attached hydrogen (secondary N) is 1. The summed E-state index contributed by atoms with van der Waals surface area (Å²) in [6.07, 6.45) is -4.20. The largest absolute Gasteiger partial charge is 0.416 e. The first-order valence-electron chi connectivity index (χ1n) is 8.50. The third kappa shape index (κ3) is 3.88. The molecular weight excluding hydrogens is 373 g/mol. The lowest BCUT2D eigenvalue weighted by molar-refractivity contribution is -0.137. The van der Waals surface area contributed by atoms with Crippen LogP contribution in [-0.2, 0) is 11.0 Å². The third-order valence-corrected chi connectivity index (χ3v) is 4.60. The Balaban J connectivity index is 1.85. The van der Waals surface area contributed by atoms with Crippen molar-refractivity contribution in [1.82, 2.24) is 0 Å². The van der Waals surface area contributed by atoms with E-state index in [4.69, 9.17) is 0 Å². The molecule has 1 heterocycles. The standard InChI is InChI=1S/C19H19F3N4O2/c1-24-8-9-25(2)17-11-15(6-7-16(17)24)26(12-27)18(28)23-14-5-3-4-13(10-14)19(20,21)22/h3-7,10-12H,8-9H2,1-2H3,(H,23,28). The summed E-state index contributed by atoms with van der Waals surface area (Å²) in [7, 11) is 3.85. The Kier molecular flexibility index (Phi) is 5.17. The van der Waals surface area contributed by atoms with Crippen LogP contribution in [0.4, 0.5) is 40.7 Å². The van der Waals surface area contributed by atoms with Gasteiger partial charge in [-0.1, -0.05) is 6.07 Å². The molecule has 0 bridgehead atoms. The molecule has 0 saturated heterocycles. The van der Waals surface area contributed by atoms with Crippen LogP contribution in [0.1, 0.15) is 5.56 Å². The van der Waals surface area contributed by atoms with Crippen LogP contribution in [0.2, 0.25) is 0 Å². The van der Waals surface area contributed by atoms with Gasteiger partial charge in [0.1, 0.15) is 0 Å². The second-order valence-corrected chi connectivity index (χ2v) is 6.50. The number of imide groups is 1. The molecule has 0 spiro atoms. The number of anilines is 4. The molecule has 1 aliphatic rings. The highest BCUT2D eigenvalue weighted by molar-refractivity contribution is 6.12. The Bertz CT molecular complexity index is 901. The predicted molar refractivity (Wildman–Crippen MR) is 102 cm³/mol. The summed E-state index contributed by atoms with van der Waals surface area (Å²) in [5.41, 5.74) is 1.19. The summed E-state index contributed by atoms with van der Waals surface area (Å²) in [5.74, 6) is 0. The summed E-state index contributed by atoms with van der Waals surface area (Å²) < 4.78 is 38.5. The van der Waals surface area contributed by atoms with Crippen molar-refractivity contribution in [2.75, 3.05) is 47.2 Å². The van der Waals surface area contributed by atoms with E-state index in [1.165, 1.54) is 12.1 Å². The van der Waals surface area contributed by atoms with Crippen LogP contribution in [0.5, 0.6) is 0 Å². The molecule has 0 aliphatic carbocycles. The first kappa shape index (κ1) is 19.5. The van der Waals surface area contributed by atoms with Crippen molar-refractivity contribution in [3.8, 4) is 0 Å². The molecule has 0 fully saturated rings. The topological polar surface area (TPSA) is 55.9 Å². The van der Waals surface area contributed by atoms with Crippen LogP contribution in [0.3, 0.4) is 0 Å². The molecule has 1 aliphatic heterocycles. The molecule has 3 rings (SSSR count). The zero-order valence-corrected chi connectivity index (χ0v) is 15.3. The van der Waals surface area contributed by atoms with Crippen molar-refractivity contribution in [2.24, 2.45) is 0 Å². The minimum absolute atomic E-state index is 0.0542. The van der Waals surface area contributed by atoms with Crippen molar-refractivity contribution in [1.29, 1.82) is 0 Å². The monoisotopic (exact) mass is 392 g/mol. The van der Waals surface area contributed by atoms with Gasteiger partial charge < -0.3 is 15.1 Å². The van der Waals surface area contributed by atoms with Crippen molar-refractivity contribution >= 4 is 35.2 Å². The van der Waals surface area contributed by atoms with E-state index in [0.717, 1.165) is 41.5 Å². The van der Waals surface area contributed by atoms with Gasteiger partial charge >= 0.3 is 12.2 Å². The molecule has 9 heteroatoms. The maximum Gasteiger partial charge on any atom is 0.416 e. The molecule has 28 heavy (non-hydrogen) atoms. The van der Waals surface area contributed by atoms with E-state index in [1.54, 1.807) is 18.2 Å². The summed E-state index contributed by atoms with van der Waals surface area (Å²) in [6.45, 7) is 1.63. The van der Waals surface area contributed by atoms with Crippen LogP contribution in [-0.4, -0.2) is 39.6 Å².